The van der Waals surface area contributed by atoms with E-state index in [-0.39, 0.29) is 17.9 Å². The van der Waals surface area contributed by atoms with Crippen LogP contribution in [0.2, 0.25) is 5.02 Å². The molecule has 1 rings (SSSR count). The first-order valence-electron chi connectivity index (χ1n) is 5.71. The van der Waals surface area contributed by atoms with Gasteiger partial charge in [-0.15, -0.1) is 0 Å². The predicted molar refractivity (Wildman–Crippen MR) is 69.5 cm³/mol. The Hall–Kier alpha value is -1.75. The summed E-state index contributed by atoms with van der Waals surface area (Å²) in [6.45, 7) is 3.33. The number of hydrogen-bond acceptors (Lipinski definition) is 5. The number of esters is 2. The van der Waals surface area contributed by atoms with Crippen molar-refractivity contribution in [3.05, 3.63) is 28.8 Å². The van der Waals surface area contributed by atoms with E-state index in [1.807, 2.05) is 0 Å². The highest BCUT2D eigenvalue weighted by Gasteiger charge is 2.23. The summed E-state index contributed by atoms with van der Waals surface area (Å²) in [5.74, 6) is -1.08. The molecule has 19 heavy (non-hydrogen) atoms. The van der Waals surface area contributed by atoms with E-state index in [2.05, 4.69) is 0 Å². The Morgan fingerprint density at radius 2 is 2.05 bits per heavy atom. The lowest BCUT2D eigenvalue weighted by Crippen LogP contribution is -2.26. The van der Waals surface area contributed by atoms with E-state index in [1.54, 1.807) is 19.1 Å². The second-order valence-corrected chi connectivity index (χ2v) is 4.03. The first-order chi connectivity index (χ1) is 9.01. The van der Waals surface area contributed by atoms with Gasteiger partial charge in [-0.3, -0.25) is 0 Å². The fraction of sp³-hybridized carbons (Fsp3) is 0.385. The highest BCUT2D eigenvalue weighted by molar-refractivity contribution is 6.32. The summed E-state index contributed by atoms with van der Waals surface area (Å²) < 4.78 is 14.8. The van der Waals surface area contributed by atoms with Gasteiger partial charge in [0.05, 0.1) is 18.7 Å². The summed E-state index contributed by atoms with van der Waals surface area (Å²) in [4.78, 5) is 23.3. The van der Waals surface area contributed by atoms with Gasteiger partial charge in [-0.05, 0) is 26.0 Å². The average Bonchev–Trinajstić information content (AvgIpc) is 2.38. The molecule has 0 aliphatic carbocycles. The van der Waals surface area contributed by atoms with Crippen LogP contribution in [0.3, 0.4) is 0 Å². The maximum atomic E-state index is 11.9. The van der Waals surface area contributed by atoms with E-state index >= 15 is 0 Å². The van der Waals surface area contributed by atoms with Crippen molar-refractivity contribution in [3.8, 4) is 5.75 Å². The molecular formula is C13H15ClO5. The van der Waals surface area contributed by atoms with Crippen LogP contribution in [0.1, 0.15) is 24.2 Å². The van der Waals surface area contributed by atoms with Crippen LogP contribution in [0.25, 0.3) is 0 Å². The van der Waals surface area contributed by atoms with Crippen molar-refractivity contribution in [3.63, 3.8) is 0 Å². The molecular weight excluding hydrogens is 272 g/mol. The number of carbonyl (C=O) groups excluding carboxylic acids is 2. The molecule has 6 heteroatoms. The molecule has 5 nitrogen and oxygen atoms in total. The first kappa shape index (κ1) is 15.3. The van der Waals surface area contributed by atoms with Crippen molar-refractivity contribution in [2.75, 3.05) is 13.7 Å². The van der Waals surface area contributed by atoms with Gasteiger partial charge in [0.15, 0.2) is 11.9 Å². The third-order valence-corrected chi connectivity index (χ3v) is 2.59. The van der Waals surface area contributed by atoms with E-state index in [0.29, 0.717) is 5.02 Å². The average molecular weight is 287 g/mol. The standard InChI is InChI=1S/C13H15ClO5/c1-4-18-12(15)8(2)19-13(16)9-6-5-7-10(14)11(9)17-3/h5-8H,4H2,1-3H3. The molecule has 0 N–H and O–H groups in total. The van der Waals surface area contributed by atoms with Crippen LogP contribution in [0.5, 0.6) is 5.75 Å². The molecule has 1 aromatic carbocycles. The largest absolute Gasteiger partial charge is 0.494 e. The third kappa shape index (κ3) is 3.86. The van der Waals surface area contributed by atoms with E-state index in [1.165, 1.54) is 20.1 Å². The van der Waals surface area contributed by atoms with Crippen LogP contribution in [-0.2, 0) is 14.3 Å². The van der Waals surface area contributed by atoms with Gasteiger partial charge in [0.2, 0.25) is 0 Å². The molecule has 0 saturated carbocycles. The van der Waals surface area contributed by atoms with E-state index in [0.717, 1.165) is 0 Å². The summed E-state index contributed by atoms with van der Waals surface area (Å²) in [6.07, 6.45) is -0.990. The fourth-order valence-electron chi connectivity index (χ4n) is 1.41. The predicted octanol–water partition coefficient (Wildman–Crippen LogP) is 2.46. The summed E-state index contributed by atoms with van der Waals surface area (Å²) in [6, 6.07) is 4.69. The molecule has 1 aromatic rings. The summed E-state index contributed by atoms with van der Waals surface area (Å²) in [7, 11) is 1.40. The lowest BCUT2D eigenvalue weighted by Gasteiger charge is -2.14. The SMILES string of the molecule is CCOC(=O)C(C)OC(=O)c1cccc(Cl)c1OC. The number of carbonyl (C=O) groups is 2. The lowest BCUT2D eigenvalue weighted by atomic mass is 10.2. The van der Waals surface area contributed by atoms with Gasteiger partial charge in [0.1, 0.15) is 5.56 Å². The van der Waals surface area contributed by atoms with Crippen molar-refractivity contribution in [1.82, 2.24) is 0 Å². The van der Waals surface area contributed by atoms with Crippen LogP contribution in [0, 0.1) is 0 Å². The molecule has 0 fully saturated rings. The zero-order chi connectivity index (χ0) is 14.4. The van der Waals surface area contributed by atoms with Crippen LogP contribution >= 0.6 is 11.6 Å². The quantitative estimate of drug-likeness (QED) is 0.778. The fourth-order valence-corrected chi connectivity index (χ4v) is 1.66. The van der Waals surface area contributed by atoms with Gasteiger partial charge in [-0.1, -0.05) is 17.7 Å². The zero-order valence-electron chi connectivity index (χ0n) is 10.9. The minimum Gasteiger partial charge on any atom is -0.494 e. The second-order valence-electron chi connectivity index (χ2n) is 3.62. The molecule has 0 aliphatic rings. The molecule has 0 bridgehead atoms. The monoisotopic (exact) mass is 286 g/mol. The van der Waals surface area contributed by atoms with E-state index in [4.69, 9.17) is 25.8 Å². The zero-order valence-corrected chi connectivity index (χ0v) is 11.7. The van der Waals surface area contributed by atoms with Crippen molar-refractivity contribution < 1.29 is 23.8 Å². The first-order valence-corrected chi connectivity index (χ1v) is 6.09. The number of halogens is 1. The van der Waals surface area contributed by atoms with Gasteiger partial charge < -0.3 is 14.2 Å². The Kier molecular flexibility index (Phi) is 5.63. The Morgan fingerprint density at radius 1 is 1.37 bits per heavy atom. The number of rotatable bonds is 5. The van der Waals surface area contributed by atoms with Crippen molar-refractivity contribution >= 4 is 23.5 Å². The molecule has 0 spiro atoms. The molecule has 0 amide bonds. The van der Waals surface area contributed by atoms with Crippen LogP contribution in [0.15, 0.2) is 18.2 Å². The van der Waals surface area contributed by atoms with Crippen molar-refractivity contribution in [2.45, 2.75) is 20.0 Å². The minimum absolute atomic E-state index is 0.158. The molecule has 0 saturated heterocycles. The Morgan fingerprint density at radius 3 is 2.63 bits per heavy atom. The molecule has 0 radical (unpaired) electrons. The maximum Gasteiger partial charge on any atom is 0.347 e. The topological polar surface area (TPSA) is 61.8 Å². The molecule has 0 aliphatic heterocycles. The Labute approximate surface area is 116 Å². The summed E-state index contributed by atoms with van der Waals surface area (Å²) >= 11 is 5.90. The number of hydrogen-bond donors (Lipinski definition) is 0. The second kappa shape index (κ2) is 6.99. The van der Waals surface area contributed by atoms with Crippen molar-refractivity contribution in [2.24, 2.45) is 0 Å². The maximum absolute atomic E-state index is 11.9. The molecule has 0 aromatic heterocycles. The van der Waals surface area contributed by atoms with Crippen LogP contribution < -0.4 is 4.74 Å². The summed E-state index contributed by atoms with van der Waals surface area (Å²) in [5.41, 5.74) is 0.158. The number of para-hydroxylation sites is 1. The van der Waals surface area contributed by atoms with Crippen LogP contribution in [0.4, 0.5) is 0 Å². The Balaban J connectivity index is 2.84. The van der Waals surface area contributed by atoms with Gasteiger partial charge in [-0.25, -0.2) is 9.59 Å². The van der Waals surface area contributed by atoms with E-state index < -0.39 is 18.0 Å². The number of methoxy groups -OCH3 is 1. The van der Waals surface area contributed by atoms with E-state index in [9.17, 15) is 9.59 Å². The third-order valence-electron chi connectivity index (χ3n) is 2.29. The smallest absolute Gasteiger partial charge is 0.347 e. The normalized spacial score (nSPS) is 11.6. The van der Waals surface area contributed by atoms with Crippen molar-refractivity contribution in [1.29, 1.82) is 0 Å². The minimum atomic E-state index is -0.990. The van der Waals surface area contributed by atoms with Gasteiger partial charge >= 0.3 is 11.9 Å². The van der Waals surface area contributed by atoms with Gasteiger partial charge in [-0.2, -0.15) is 0 Å². The molecule has 0 heterocycles. The molecule has 104 valence electrons. The molecule has 1 atom stereocenters. The highest BCUT2D eigenvalue weighted by Crippen LogP contribution is 2.28. The highest BCUT2D eigenvalue weighted by atomic mass is 35.5. The molecule has 1 unspecified atom stereocenters. The number of ether oxygens (including phenoxy) is 3. The van der Waals surface area contributed by atoms with Gasteiger partial charge in [0.25, 0.3) is 0 Å². The number of benzene rings is 1. The van der Waals surface area contributed by atoms with Gasteiger partial charge in [0, 0.05) is 0 Å². The summed E-state index contributed by atoms with van der Waals surface area (Å²) in [5, 5.41) is 0.292. The Bertz CT molecular complexity index is 472. The van der Waals surface area contributed by atoms with Crippen LogP contribution in [-0.4, -0.2) is 31.8 Å². The lowest BCUT2D eigenvalue weighted by molar-refractivity contribution is -0.152.